The zero-order chi connectivity index (χ0) is 20.6. The molecule has 4 heteroatoms. The Kier molecular flexibility index (Phi) is 11.6. The van der Waals surface area contributed by atoms with Gasteiger partial charge in [-0.1, -0.05) is 68.1 Å². The summed E-state index contributed by atoms with van der Waals surface area (Å²) in [7, 11) is 0. The minimum Gasteiger partial charge on any atom is -0.494 e. The molecule has 0 atom stereocenters. The van der Waals surface area contributed by atoms with Crippen LogP contribution >= 0.6 is 0 Å². The monoisotopic (exact) mass is 397 g/mol. The fraction of sp³-hybridized carbons (Fsp3) is 0.480. The van der Waals surface area contributed by atoms with E-state index >= 15 is 0 Å². The molecule has 158 valence electrons. The minimum absolute atomic E-state index is 0.167. The third-order valence-corrected chi connectivity index (χ3v) is 5.00. The smallest absolute Gasteiger partial charge is 0.304 e. The van der Waals surface area contributed by atoms with E-state index in [1.54, 1.807) is 0 Å². The van der Waals surface area contributed by atoms with E-state index in [4.69, 9.17) is 9.84 Å². The van der Waals surface area contributed by atoms with Crippen molar-refractivity contribution in [2.75, 3.05) is 19.7 Å². The number of carboxylic acids is 1. The van der Waals surface area contributed by atoms with Gasteiger partial charge in [-0.2, -0.15) is 0 Å². The number of benzene rings is 2. The summed E-state index contributed by atoms with van der Waals surface area (Å²) in [6.45, 7) is 2.09. The van der Waals surface area contributed by atoms with Gasteiger partial charge in [0.2, 0.25) is 0 Å². The van der Waals surface area contributed by atoms with Gasteiger partial charge in [0.05, 0.1) is 13.0 Å². The molecule has 2 aromatic carbocycles. The van der Waals surface area contributed by atoms with Crippen molar-refractivity contribution in [2.24, 2.45) is 0 Å². The van der Waals surface area contributed by atoms with E-state index in [9.17, 15) is 4.79 Å². The largest absolute Gasteiger partial charge is 0.494 e. The van der Waals surface area contributed by atoms with Crippen LogP contribution in [-0.2, 0) is 17.6 Å². The molecule has 2 aromatic rings. The van der Waals surface area contributed by atoms with Gasteiger partial charge in [0.25, 0.3) is 0 Å². The van der Waals surface area contributed by atoms with Crippen molar-refractivity contribution in [1.82, 2.24) is 5.32 Å². The molecule has 0 aliphatic rings. The Bertz CT molecular complexity index is 670. The summed E-state index contributed by atoms with van der Waals surface area (Å²) < 4.78 is 5.84. The predicted octanol–water partition coefficient (Wildman–Crippen LogP) is 5.26. The number of unbranched alkanes of at least 4 members (excludes halogenated alkanes) is 5. The lowest BCUT2D eigenvalue weighted by Gasteiger charge is -2.08. The van der Waals surface area contributed by atoms with Crippen LogP contribution in [0, 0.1) is 0 Å². The van der Waals surface area contributed by atoms with Crippen LogP contribution in [0.2, 0.25) is 0 Å². The van der Waals surface area contributed by atoms with Crippen molar-refractivity contribution in [1.29, 1.82) is 0 Å². The first-order valence-corrected chi connectivity index (χ1v) is 10.9. The van der Waals surface area contributed by atoms with Crippen LogP contribution in [-0.4, -0.2) is 30.8 Å². The van der Waals surface area contributed by atoms with Crippen LogP contribution in [0.25, 0.3) is 0 Å². The Morgan fingerprint density at radius 2 is 1.41 bits per heavy atom. The van der Waals surface area contributed by atoms with E-state index in [1.165, 1.54) is 49.7 Å². The van der Waals surface area contributed by atoms with Crippen molar-refractivity contribution in [3.8, 4) is 5.75 Å². The second kappa shape index (κ2) is 14.6. The molecule has 2 rings (SSSR count). The molecule has 0 aliphatic carbocycles. The Hall–Kier alpha value is -2.33. The van der Waals surface area contributed by atoms with Gasteiger partial charge in [0, 0.05) is 6.54 Å². The Labute approximate surface area is 175 Å². The first-order valence-electron chi connectivity index (χ1n) is 10.9. The molecule has 0 unspecified atom stereocenters. The SMILES string of the molecule is O=C(O)CCNCCc1ccc(OCCCCCCCCc2ccccc2)cc1. The number of hydrogen-bond acceptors (Lipinski definition) is 3. The molecule has 0 heterocycles. The molecule has 0 spiro atoms. The average molecular weight is 398 g/mol. The molecule has 2 N–H and O–H groups in total. The number of aryl methyl sites for hydroxylation is 1. The molecule has 0 bridgehead atoms. The van der Waals surface area contributed by atoms with Crippen molar-refractivity contribution in [2.45, 2.75) is 57.8 Å². The third-order valence-electron chi connectivity index (χ3n) is 5.00. The van der Waals surface area contributed by atoms with Crippen LogP contribution in [0.3, 0.4) is 0 Å². The summed E-state index contributed by atoms with van der Waals surface area (Å²) in [6.07, 6.45) is 9.76. The second-order valence-corrected chi connectivity index (χ2v) is 7.49. The summed E-state index contributed by atoms with van der Waals surface area (Å²) >= 11 is 0. The van der Waals surface area contributed by atoms with E-state index in [2.05, 4.69) is 47.8 Å². The van der Waals surface area contributed by atoms with Crippen molar-refractivity contribution >= 4 is 5.97 Å². The standard InChI is InChI=1S/C25H35NO3/c27-25(28)18-20-26-19-17-23-13-15-24(16-14-23)29-21-9-4-2-1-3-6-10-22-11-7-5-8-12-22/h5,7-8,11-16,26H,1-4,6,9-10,17-21H2,(H,27,28). The van der Waals surface area contributed by atoms with Crippen LogP contribution in [0.4, 0.5) is 0 Å². The second-order valence-electron chi connectivity index (χ2n) is 7.49. The number of carboxylic acid groups (broad SMARTS) is 1. The topological polar surface area (TPSA) is 58.6 Å². The molecule has 0 fully saturated rings. The number of hydrogen-bond donors (Lipinski definition) is 2. The van der Waals surface area contributed by atoms with Crippen LogP contribution in [0.15, 0.2) is 54.6 Å². The van der Waals surface area contributed by atoms with E-state index in [0.717, 1.165) is 31.7 Å². The first kappa shape index (κ1) is 23.0. The van der Waals surface area contributed by atoms with Crippen molar-refractivity contribution in [3.05, 3.63) is 65.7 Å². The van der Waals surface area contributed by atoms with Gasteiger partial charge in [0.15, 0.2) is 0 Å². The fourth-order valence-corrected chi connectivity index (χ4v) is 3.28. The highest BCUT2D eigenvalue weighted by atomic mass is 16.5. The van der Waals surface area contributed by atoms with Gasteiger partial charge in [-0.3, -0.25) is 4.79 Å². The molecular formula is C25H35NO3. The zero-order valence-electron chi connectivity index (χ0n) is 17.4. The van der Waals surface area contributed by atoms with Crippen molar-refractivity contribution < 1.29 is 14.6 Å². The minimum atomic E-state index is -0.762. The number of ether oxygens (including phenoxy) is 1. The lowest BCUT2D eigenvalue weighted by Crippen LogP contribution is -2.20. The number of carbonyl (C=O) groups is 1. The zero-order valence-corrected chi connectivity index (χ0v) is 17.4. The van der Waals surface area contributed by atoms with E-state index in [0.29, 0.717) is 6.54 Å². The summed E-state index contributed by atoms with van der Waals surface area (Å²) in [6, 6.07) is 18.9. The summed E-state index contributed by atoms with van der Waals surface area (Å²) in [5.74, 6) is 0.164. The summed E-state index contributed by atoms with van der Waals surface area (Å²) in [5, 5.41) is 11.7. The molecule has 4 nitrogen and oxygen atoms in total. The number of aliphatic carboxylic acids is 1. The Morgan fingerprint density at radius 1 is 0.759 bits per heavy atom. The van der Waals surface area contributed by atoms with Crippen LogP contribution in [0.5, 0.6) is 5.75 Å². The lowest BCUT2D eigenvalue weighted by atomic mass is 10.1. The molecule has 0 amide bonds. The molecule has 0 saturated carbocycles. The van der Waals surface area contributed by atoms with E-state index in [1.807, 2.05) is 12.1 Å². The lowest BCUT2D eigenvalue weighted by molar-refractivity contribution is -0.136. The van der Waals surface area contributed by atoms with Gasteiger partial charge in [-0.05, 0) is 55.5 Å². The molecule has 29 heavy (non-hydrogen) atoms. The Morgan fingerprint density at radius 3 is 2.14 bits per heavy atom. The highest BCUT2D eigenvalue weighted by Gasteiger charge is 1.99. The average Bonchev–Trinajstić information content (AvgIpc) is 2.74. The maximum Gasteiger partial charge on any atom is 0.304 e. The van der Waals surface area contributed by atoms with Gasteiger partial charge in [-0.25, -0.2) is 0 Å². The molecule has 0 saturated heterocycles. The molecule has 0 aromatic heterocycles. The van der Waals surface area contributed by atoms with E-state index in [-0.39, 0.29) is 6.42 Å². The highest BCUT2D eigenvalue weighted by Crippen LogP contribution is 2.14. The van der Waals surface area contributed by atoms with E-state index < -0.39 is 5.97 Å². The van der Waals surface area contributed by atoms with Crippen molar-refractivity contribution in [3.63, 3.8) is 0 Å². The molecule has 0 radical (unpaired) electrons. The number of nitrogens with one attached hydrogen (secondary N) is 1. The summed E-state index contributed by atoms with van der Waals surface area (Å²) in [5.41, 5.74) is 2.68. The Balaban J connectivity index is 1.43. The van der Waals surface area contributed by atoms with Crippen LogP contribution in [0.1, 0.15) is 56.1 Å². The molecular weight excluding hydrogens is 362 g/mol. The van der Waals surface area contributed by atoms with Gasteiger partial charge in [0.1, 0.15) is 5.75 Å². The normalized spacial score (nSPS) is 10.8. The maximum atomic E-state index is 10.5. The quantitative estimate of drug-likeness (QED) is 0.380. The predicted molar refractivity (Wildman–Crippen MR) is 119 cm³/mol. The summed E-state index contributed by atoms with van der Waals surface area (Å²) in [4.78, 5) is 10.5. The number of rotatable bonds is 16. The van der Waals surface area contributed by atoms with Gasteiger partial charge < -0.3 is 15.2 Å². The van der Waals surface area contributed by atoms with Crippen LogP contribution < -0.4 is 10.1 Å². The third kappa shape index (κ3) is 11.3. The first-order chi connectivity index (χ1) is 14.2. The fourth-order valence-electron chi connectivity index (χ4n) is 3.28. The molecule has 0 aliphatic heterocycles. The maximum absolute atomic E-state index is 10.5. The highest BCUT2D eigenvalue weighted by molar-refractivity contribution is 5.66. The van der Waals surface area contributed by atoms with Gasteiger partial charge in [-0.15, -0.1) is 0 Å². The van der Waals surface area contributed by atoms with Gasteiger partial charge >= 0.3 is 5.97 Å².